The molecule has 0 aliphatic carbocycles. The lowest BCUT2D eigenvalue weighted by atomic mass is 10.1. The molecular formula is C7H13NO2S. The van der Waals surface area contributed by atoms with Crippen LogP contribution in [-0.2, 0) is 9.84 Å². The fourth-order valence-electron chi connectivity index (χ4n) is 2.20. The van der Waals surface area contributed by atoms with Crippen molar-refractivity contribution in [3.05, 3.63) is 0 Å². The molecule has 2 atom stereocenters. The number of rotatable bonds is 0. The maximum absolute atomic E-state index is 11.2. The zero-order valence-corrected chi connectivity index (χ0v) is 7.47. The predicted octanol–water partition coefficient (Wildman–Crippen LogP) is -0.265. The smallest absolute Gasteiger partial charge is 0.152 e. The maximum atomic E-state index is 11.2. The van der Waals surface area contributed by atoms with Crippen LogP contribution in [0.5, 0.6) is 0 Å². The Morgan fingerprint density at radius 3 is 2.73 bits per heavy atom. The summed E-state index contributed by atoms with van der Waals surface area (Å²) in [6.07, 6.45) is 1.07. The van der Waals surface area contributed by atoms with E-state index in [1.165, 1.54) is 0 Å². The minimum absolute atomic E-state index is 0.333. The normalized spacial score (nSPS) is 42.6. The Labute approximate surface area is 67.3 Å². The molecule has 0 radical (unpaired) electrons. The Hall–Kier alpha value is -0.0900. The van der Waals surface area contributed by atoms with Crippen LogP contribution in [0.4, 0.5) is 0 Å². The van der Waals surface area contributed by atoms with E-state index in [2.05, 4.69) is 4.90 Å². The van der Waals surface area contributed by atoms with Crippen molar-refractivity contribution in [1.29, 1.82) is 0 Å². The highest BCUT2D eigenvalue weighted by Crippen LogP contribution is 2.31. The summed E-state index contributed by atoms with van der Waals surface area (Å²) in [5.41, 5.74) is 0. The summed E-state index contributed by atoms with van der Waals surface area (Å²) < 4.78 is 22.3. The predicted molar refractivity (Wildman–Crippen MR) is 43.2 cm³/mol. The van der Waals surface area contributed by atoms with Gasteiger partial charge >= 0.3 is 0 Å². The highest BCUT2D eigenvalue weighted by atomic mass is 32.2. The minimum atomic E-state index is -2.68. The van der Waals surface area contributed by atoms with Crippen LogP contribution < -0.4 is 0 Å². The van der Waals surface area contributed by atoms with E-state index >= 15 is 0 Å². The Morgan fingerprint density at radius 1 is 1.36 bits per heavy atom. The monoisotopic (exact) mass is 175 g/mol. The zero-order valence-electron chi connectivity index (χ0n) is 6.66. The lowest BCUT2D eigenvalue weighted by Gasteiger charge is -2.15. The summed E-state index contributed by atoms with van der Waals surface area (Å²) in [5, 5.41) is 0. The third kappa shape index (κ3) is 1.18. The van der Waals surface area contributed by atoms with Gasteiger partial charge in [-0.2, -0.15) is 0 Å². The molecule has 2 aliphatic rings. The van der Waals surface area contributed by atoms with Crippen molar-refractivity contribution in [2.45, 2.75) is 12.5 Å². The number of hydrogen-bond acceptors (Lipinski definition) is 3. The fourth-order valence-corrected chi connectivity index (χ4v) is 4.42. The first-order valence-electron chi connectivity index (χ1n) is 3.99. The molecule has 0 N–H and O–H groups in total. The second-order valence-electron chi connectivity index (χ2n) is 3.67. The first-order chi connectivity index (χ1) is 5.08. The first kappa shape index (κ1) is 7.55. The largest absolute Gasteiger partial charge is 0.302 e. The third-order valence-electron chi connectivity index (χ3n) is 2.86. The SMILES string of the molecule is CN1CCC2CS(=O)(=O)CC21. The molecule has 4 heteroatoms. The van der Waals surface area contributed by atoms with Crippen LogP contribution in [0.1, 0.15) is 6.42 Å². The Balaban J connectivity index is 2.22. The van der Waals surface area contributed by atoms with Gasteiger partial charge < -0.3 is 4.90 Å². The molecule has 0 aromatic heterocycles. The standard InChI is InChI=1S/C7H13NO2S/c1-8-3-2-6-4-11(9,10)5-7(6)8/h6-7H,2-5H2,1H3. The lowest BCUT2D eigenvalue weighted by Crippen LogP contribution is -2.29. The molecule has 11 heavy (non-hydrogen) atoms. The van der Waals surface area contributed by atoms with Gasteiger partial charge in [0, 0.05) is 6.04 Å². The molecule has 2 saturated heterocycles. The van der Waals surface area contributed by atoms with Crippen molar-refractivity contribution in [2.75, 3.05) is 25.1 Å². The maximum Gasteiger partial charge on any atom is 0.152 e. The van der Waals surface area contributed by atoms with Crippen LogP contribution in [-0.4, -0.2) is 44.5 Å². The average molecular weight is 175 g/mol. The highest BCUT2D eigenvalue weighted by Gasteiger charge is 2.43. The number of nitrogens with zero attached hydrogens (tertiary/aromatic N) is 1. The molecule has 64 valence electrons. The number of sulfone groups is 1. The summed E-state index contributed by atoms with van der Waals surface area (Å²) >= 11 is 0. The van der Waals surface area contributed by atoms with Gasteiger partial charge in [-0.25, -0.2) is 8.42 Å². The van der Waals surface area contributed by atoms with Crippen molar-refractivity contribution >= 4 is 9.84 Å². The van der Waals surface area contributed by atoms with Crippen molar-refractivity contribution in [2.24, 2.45) is 5.92 Å². The van der Waals surface area contributed by atoms with E-state index in [4.69, 9.17) is 0 Å². The van der Waals surface area contributed by atoms with E-state index in [9.17, 15) is 8.42 Å². The van der Waals surface area contributed by atoms with Crippen LogP contribution in [0, 0.1) is 5.92 Å². The molecular weight excluding hydrogens is 162 g/mol. The van der Waals surface area contributed by atoms with Gasteiger partial charge in [0.2, 0.25) is 0 Å². The van der Waals surface area contributed by atoms with E-state index < -0.39 is 9.84 Å². The number of fused-ring (bicyclic) bond motifs is 1. The highest BCUT2D eigenvalue weighted by molar-refractivity contribution is 7.91. The average Bonchev–Trinajstić information content (AvgIpc) is 2.31. The molecule has 2 unspecified atom stereocenters. The van der Waals surface area contributed by atoms with Gasteiger partial charge in [0.25, 0.3) is 0 Å². The second-order valence-corrected chi connectivity index (χ2v) is 5.83. The van der Waals surface area contributed by atoms with Crippen LogP contribution in [0.3, 0.4) is 0 Å². The van der Waals surface area contributed by atoms with Crippen LogP contribution in [0.2, 0.25) is 0 Å². The zero-order chi connectivity index (χ0) is 8.06. The molecule has 2 aliphatic heterocycles. The Kier molecular flexibility index (Phi) is 1.51. The summed E-state index contributed by atoms with van der Waals surface area (Å²) in [6.45, 7) is 1.07. The minimum Gasteiger partial charge on any atom is -0.302 e. The number of hydrogen-bond donors (Lipinski definition) is 0. The molecule has 2 rings (SSSR count). The van der Waals surface area contributed by atoms with Crippen LogP contribution in [0.15, 0.2) is 0 Å². The van der Waals surface area contributed by atoms with Gasteiger partial charge in [0.1, 0.15) is 0 Å². The summed E-state index contributed by atoms with van der Waals surface area (Å²) in [7, 11) is -0.661. The molecule has 3 nitrogen and oxygen atoms in total. The van der Waals surface area contributed by atoms with Crippen molar-refractivity contribution in [3.63, 3.8) is 0 Å². The Morgan fingerprint density at radius 2 is 2.09 bits per heavy atom. The molecule has 2 fully saturated rings. The van der Waals surface area contributed by atoms with Crippen molar-refractivity contribution in [3.8, 4) is 0 Å². The first-order valence-corrected chi connectivity index (χ1v) is 5.81. The van der Waals surface area contributed by atoms with E-state index in [-0.39, 0.29) is 0 Å². The topological polar surface area (TPSA) is 37.4 Å². The van der Waals surface area contributed by atoms with Crippen molar-refractivity contribution in [1.82, 2.24) is 4.90 Å². The second kappa shape index (κ2) is 2.20. The van der Waals surface area contributed by atoms with E-state index in [0.717, 1.165) is 13.0 Å². The van der Waals surface area contributed by atoms with Gasteiger partial charge in [-0.15, -0.1) is 0 Å². The van der Waals surface area contributed by atoms with E-state index in [1.807, 2.05) is 7.05 Å². The molecule has 0 spiro atoms. The van der Waals surface area contributed by atoms with Gasteiger partial charge in [0.05, 0.1) is 11.5 Å². The number of likely N-dealkylation sites (tertiary alicyclic amines) is 1. The lowest BCUT2D eigenvalue weighted by molar-refractivity contribution is 0.314. The molecule has 2 heterocycles. The quantitative estimate of drug-likeness (QED) is 0.509. The van der Waals surface area contributed by atoms with Gasteiger partial charge in [-0.05, 0) is 25.9 Å². The van der Waals surface area contributed by atoms with Gasteiger partial charge in [-0.1, -0.05) is 0 Å². The van der Waals surface area contributed by atoms with E-state index in [1.54, 1.807) is 0 Å². The molecule has 0 amide bonds. The van der Waals surface area contributed by atoms with Crippen LogP contribution in [0.25, 0.3) is 0 Å². The van der Waals surface area contributed by atoms with E-state index in [0.29, 0.717) is 23.5 Å². The molecule has 0 aromatic carbocycles. The van der Waals surface area contributed by atoms with Crippen LogP contribution >= 0.6 is 0 Å². The Bertz CT molecular complexity index is 260. The molecule has 0 bridgehead atoms. The summed E-state index contributed by atoms with van der Waals surface area (Å²) in [5.74, 6) is 1.26. The molecule has 0 saturated carbocycles. The summed E-state index contributed by atoms with van der Waals surface area (Å²) in [6, 6.07) is 0.333. The summed E-state index contributed by atoms with van der Waals surface area (Å²) in [4.78, 5) is 2.18. The fraction of sp³-hybridized carbons (Fsp3) is 1.00. The third-order valence-corrected chi connectivity index (χ3v) is 4.64. The van der Waals surface area contributed by atoms with Gasteiger partial charge in [-0.3, -0.25) is 0 Å². The molecule has 0 aromatic rings. The van der Waals surface area contributed by atoms with Crippen molar-refractivity contribution < 1.29 is 8.42 Å². The van der Waals surface area contributed by atoms with Gasteiger partial charge in [0.15, 0.2) is 9.84 Å².